The minimum Gasteiger partial charge on any atom is -0.363 e. The number of hydrogen-bond acceptors (Lipinski definition) is 3. The van der Waals surface area contributed by atoms with Crippen molar-refractivity contribution < 1.29 is 14.7 Å². The fourth-order valence-corrected chi connectivity index (χ4v) is 1.94. The average molecular weight is 184 g/mol. The lowest BCUT2D eigenvalue weighted by atomic mass is 10.1. The molecule has 5 nitrogen and oxygen atoms in total. The van der Waals surface area contributed by atoms with Gasteiger partial charge in [-0.15, -0.1) is 0 Å². The third-order valence-corrected chi connectivity index (χ3v) is 2.60. The number of fused-ring (bicyclic) bond motifs is 1. The van der Waals surface area contributed by atoms with Gasteiger partial charge >= 0.3 is 0 Å². The Balaban J connectivity index is 2.30. The van der Waals surface area contributed by atoms with Gasteiger partial charge in [-0.05, 0) is 19.8 Å². The highest BCUT2D eigenvalue weighted by molar-refractivity contribution is 5.98. The van der Waals surface area contributed by atoms with E-state index in [1.54, 1.807) is 0 Å². The molecule has 0 aromatic carbocycles. The lowest BCUT2D eigenvalue weighted by Crippen LogP contribution is -2.67. The molecule has 2 N–H and O–H groups in total. The third kappa shape index (κ3) is 1.11. The van der Waals surface area contributed by atoms with Gasteiger partial charge in [-0.3, -0.25) is 9.59 Å². The summed E-state index contributed by atoms with van der Waals surface area (Å²) in [4.78, 5) is 24.4. The van der Waals surface area contributed by atoms with Gasteiger partial charge in [0, 0.05) is 6.54 Å². The topological polar surface area (TPSA) is 69.6 Å². The van der Waals surface area contributed by atoms with Crippen LogP contribution < -0.4 is 5.32 Å². The van der Waals surface area contributed by atoms with Crippen LogP contribution >= 0.6 is 0 Å². The SMILES string of the molecule is C[C@]1(O)NC(=O)[C@@H]2CCCN2C1=O. The molecule has 72 valence electrons. The quantitative estimate of drug-likeness (QED) is 0.497. The zero-order valence-corrected chi connectivity index (χ0v) is 7.41. The van der Waals surface area contributed by atoms with Crippen LogP contribution in [0.4, 0.5) is 0 Å². The van der Waals surface area contributed by atoms with E-state index in [4.69, 9.17) is 0 Å². The molecule has 0 saturated carbocycles. The number of carbonyl (C=O) groups is 2. The Labute approximate surface area is 75.7 Å². The van der Waals surface area contributed by atoms with Crippen molar-refractivity contribution in [2.75, 3.05) is 6.54 Å². The molecule has 2 aliphatic heterocycles. The summed E-state index contributed by atoms with van der Waals surface area (Å²) >= 11 is 0. The van der Waals surface area contributed by atoms with Gasteiger partial charge in [-0.1, -0.05) is 0 Å². The van der Waals surface area contributed by atoms with E-state index in [-0.39, 0.29) is 11.9 Å². The second kappa shape index (κ2) is 2.45. The Hall–Kier alpha value is -1.10. The summed E-state index contributed by atoms with van der Waals surface area (Å²) in [5, 5.41) is 11.8. The molecule has 2 rings (SSSR count). The minimum absolute atomic E-state index is 0.248. The maximum atomic E-state index is 11.5. The van der Waals surface area contributed by atoms with Crippen LogP contribution in [-0.4, -0.2) is 40.1 Å². The highest BCUT2D eigenvalue weighted by atomic mass is 16.3. The van der Waals surface area contributed by atoms with E-state index in [1.165, 1.54) is 11.8 Å². The maximum Gasteiger partial charge on any atom is 0.276 e. The van der Waals surface area contributed by atoms with Crippen LogP contribution in [0.2, 0.25) is 0 Å². The van der Waals surface area contributed by atoms with Gasteiger partial charge in [0.1, 0.15) is 6.04 Å². The van der Waals surface area contributed by atoms with E-state index in [0.717, 1.165) is 6.42 Å². The maximum absolute atomic E-state index is 11.5. The molecule has 0 aliphatic carbocycles. The Morgan fingerprint density at radius 2 is 2.31 bits per heavy atom. The molecule has 0 aromatic rings. The predicted octanol–water partition coefficient (Wildman–Crippen LogP) is -1.18. The first-order chi connectivity index (χ1) is 6.02. The number of piperazine rings is 1. The summed E-state index contributed by atoms with van der Waals surface area (Å²) in [6.45, 7) is 1.88. The van der Waals surface area contributed by atoms with Gasteiger partial charge in [-0.25, -0.2) is 0 Å². The van der Waals surface area contributed by atoms with Gasteiger partial charge < -0.3 is 15.3 Å². The summed E-state index contributed by atoms with van der Waals surface area (Å²) in [6.07, 6.45) is 1.54. The number of nitrogens with one attached hydrogen (secondary N) is 1. The van der Waals surface area contributed by atoms with Gasteiger partial charge in [0.15, 0.2) is 0 Å². The number of nitrogens with zero attached hydrogens (tertiary/aromatic N) is 1. The molecule has 2 heterocycles. The smallest absolute Gasteiger partial charge is 0.276 e. The van der Waals surface area contributed by atoms with Crippen LogP contribution in [0.3, 0.4) is 0 Å². The number of amides is 2. The van der Waals surface area contributed by atoms with E-state index >= 15 is 0 Å². The van der Waals surface area contributed by atoms with Crippen molar-refractivity contribution in [3.63, 3.8) is 0 Å². The van der Waals surface area contributed by atoms with E-state index in [9.17, 15) is 14.7 Å². The molecule has 0 spiro atoms. The molecular weight excluding hydrogens is 172 g/mol. The molecule has 0 radical (unpaired) electrons. The summed E-state index contributed by atoms with van der Waals surface area (Å²) < 4.78 is 0. The van der Waals surface area contributed by atoms with Gasteiger partial charge in [0.2, 0.25) is 11.6 Å². The van der Waals surface area contributed by atoms with Crippen molar-refractivity contribution in [2.45, 2.75) is 31.5 Å². The minimum atomic E-state index is -1.71. The molecule has 2 aliphatic rings. The fraction of sp³-hybridized carbons (Fsp3) is 0.750. The van der Waals surface area contributed by atoms with Crippen LogP contribution in [0, 0.1) is 0 Å². The predicted molar refractivity (Wildman–Crippen MR) is 43.5 cm³/mol. The van der Waals surface area contributed by atoms with Crippen molar-refractivity contribution in [3.8, 4) is 0 Å². The lowest BCUT2D eigenvalue weighted by Gasteiger charge is -2.37. The van der Waals surface area contributed by atoms with Crippen LogP contribution in [0.25, 0.3) is 0 Å². The van der Waals surface area contributed by atoms with Gasteiger partial charge in [0.05, 0.1) is 0 Å². The summed E-state index contributed by atoms with van der Waals surface area (Å²) in [7, 11) is 0. The molecule has 0 unspecified atom stereocenters. The first kappa shape index (κ1) is 8.50. The lowest BCUT2D eigenvalue weighted by molar-refractivity contribution is -0.167. The van der Waals surface area contributed by atoms with Crippen LogP contribution in [-0.2, 0) is 9.59 Å². The van der Waals surface area contributed by atoms with Gasteiger partial charge in [0.25, 0.3) is 5.91 Å². The normalized spacial score (nSPS) is 38.9. The molecule has 0 aromatic heterocycles. The van der Waals surface area contributed by atoms with Crippen LogP contribution in [0.5, 0.6) is 0 Å². The molecule has 2 amide bonds. The summed E-state index contributed by atoms with van der Waals surface area (Å²) in [6, 6.07) is -0.354. The number of aliphatic hydroxyl groups is 1. The summed E-state index contributed by atoms with van der Waals surface area (Å²) in [5.41, 5.74) is -1.71. The molecule has 2 fully saturated rings. The van der Waals surface area contributed by atoms with Crippen molar-refractivity contribution in [2.24, 2.45) is 0 Å². The number of rotatable bonds is 0. The monoisotopic (exact) mass is 184 g/mol. The van der Waals surface area contributed by atoms with Crippen LogP contribution in [0.15, 0.2) is 0 Å². The zero-order chi connectivity index (χ0) is 9.64. The van der Waals surface area contributed by atoms with Crippen molar-refractivity contribution in [1.29, 1.82) is 0 Å². The first-order valence-corrected chi connectivity index (χ1v) is 4.38. The molecule has 2 saturated heterocycles. The number of hydrogen-bond donors (Lipinski definition) is 2. The highest BCUT2D eigenvalue weighted by Gasteiger charge is 2.48. The first-order valence-electron chi connectivity index (χ1n) is 4.38. The second-order valence-electron chi connectivity index (χ2n) is 3.72. The zero-order valence-electron chi connectivity index (χ0n) is 7.41. The van der Waals surface area contributed by atoms with E-state index in [0.29, 0.717) is 13.0 Å². The van der Waals surface area contributed by atoms with Crippen LogP contribution in [0.1, 0.15) is 19.8 Å². The third-order valence-electron chi connectivity index (χ3n) is 2.60. The Morgan fingerprint density at radius 3 is 3.00 bits per heavy atom. The van der Waals surface area contributed by atoms with Crippen molar-refractivity contribution in [3.05, 3.63) is 0 Å². The molecular formula is C8H12N2O3. The van der Waals surface area contributed by atoms with E-state index in [1.807, 2.05) is 0 Å². The van der Waals surface area contributed by atoms with E-state index < -0.39 is 11.6 Å². The largest absolute Gasteiger partial charge is 0.363 e. The number of carbonyl (C=O) groups excluding carboxylic acids is 2. The molecule has 13 heavy (non-hydrogen) atoms. The van der Waals surface area contributed by atoms with E-state index in [2.05, 4.69) is 5.32 Å². The standard InChI is InChI=1S/C8H12N2O3/c1-8(13)7(12)10-4-2-3-5(10)6(11)9-8/h5,13H,2-4H2,1H3,(H,9,11)/t5-,8+/m0/s1. The molecule has 5 heteroatoms. The second-order valence-corrected chi connectivity index (χ2v) is 3.72. The Kier molecular flexibility index (Phi) is 1.60. The Morgan fingerprint density at radius 1 is 1.62 bits per heavy atom. The van der Waals surface area contributed by atoms with Crippen molar-refractivity contribution in [1.82, 2.24) is 10.2 Å². The van der Waals surface area contributed by atoms with Crippen molar-refractivity contribution >= 4 is 11.8 Å². The highest BCUT2D eigenvalue weighted by Crippen LogP contribution is 2.24. The molecule has 2 atom stereocenters. The molecule has 0 bridgehead atoms. The average Bonchev–Trinajstić information content (AvgIpc) is 2.47. The Bertz CT molecular complexity index is 275. The summed E-state index contributed by atoms with van der Waals surface area (Å²) in [5.74, 6) is -0.642. The fourth-order valence-electron chi connectivity index (χ4n) is 1.94. The van der Waals surface area contributed by atoms with Gasteiger partial charge in [-0.2, -0.15) is 0 Å².